The van der Waals surface area contributed by atoms with Gasteiger partial charge in [0.15, 0.2) is 0 Å². The number of carbonyl (C=O) groups excluding carboxylic acids is 2. The Kier molecular flexibility index (Phi) is 6.40. The molecule has 5 nitrogen and oxygen atoms in total. The molecule has 22 heavy (non-hydrogen) atoms. The molecule has 1 atom stereocenters. The lowest BCUT2D eigenvalue weighted by Crippen LogP contribution is -2.39. The summed E-state index contributed by atoms with van der Waals surface area (Å²) in [7, 11) is 0. The maximum absolute atomic E-state index is 11.8. The number of nitrogens with one attached hydrogen (secondary N) is 2. The average molecular weight is 304 g/mol. The van der Waals surface area contributed by atoms with E-state index < -0.39 is 6.10 Å². The van der Waals surface area contributed by atoms with Gasteiger partial charge in [-0.25, -0.2) is 0 Å². The molecule has 0 spiro atoms. The normalized spacial score (nSPS) is 16.2. The molecule has 0 radical (unpaired) electrons. The maximum Gasteiger partial charge on any atom is 0.239 e. The van der Waals surface area contributed by atoms with E-state index in [2.05, 4.69) is 10.6 Å². The molecule has 0 bridgehead atoms. The molecular formula is C17H24N2O3. The van der Waals surface area contributed by atoms with E-state index in [1.54, 1.807) is 0 Å². The third-order valence-corrected chi connectivity index (χ3v) is 4.07. The third-order valence-electron chi connectivity index (χ3n) is 4.07. The number of hydrogen-bond acceptors (Lipinski definition) is 3. The van der Waals surface area contributed by atoms with Gasteiger partial charge < -0.3 is 15.7 Å². The quantitative estimate of drug-likeness (QED) is 0.715. The van der Waals surface area contributed by atoms with Crippen molar-refractivity contribution >= 4 is 11.8 Å². The zero-order valence-electron chi connectivity index (χ0n) is 12.8. The average Bonchev–Trinajstić information content (AvgIpc) is 3.08. The summed E-state index contributed by atoms with van der Waals surface area (Å²) in [6.07, 6.45) is 3.91. The summed E-state index contributed by atoms with van der Waals surface area (Å²) in [5.41, 5.74) is 0.839. The van der Waals surface area contributed by atoms with Crippen LogP contribution in [0.3, 0.4) is 0 Å². The van der Waals surface area contributed by atoms with Crippen molar-refractivity contribution in [3.8, 4) is 0 Å². The molecule has 2 amide bonds. The summed E-state index contributed by atoms with van der Waals surface area (Å²) in [6, 6.07) is 9.35. The molecule has 3 N–H and O–H groups in total. The molecular weight excluding hydrogens is 280 g/mol. The van der Waals surface area contributed by atoms with Gasteiger partial charge >= 0.3 is 0 Å². The lowest BCUT2D eigenvalue weighted by Gasteiger charge is -2.13. The van der Waals surface area contributed by atoms with Gasteiger partial charge in [-0.05, 0) is 24.8 Å². The van der Waals surface area contributed by atoms with E-state index >= 15 is 0 Å². The highest BCUT2D eigenvalue weighted by Gasteiger charge is 2.22. The Labute approximate surface area is 131 Å². The number of rotatable bonds is 7. The van der Waals surface area contributed by atoms with Crippen LogP contribution in [0.2, 0.25) is 0 Å². The smallest absolute Gasteiger partial charge is 0.239 e. The molecule has 1 aromatic rings. The van der Waals surface area contributed by atoms with E-state index in [1.165, 1.54) is 0 Å². The van der Waals surface area contributed by atoms with E-state index in [-0.39, 0.29) is 24.3 Å². The molecule has 0 aromatic heterocycles. The number of hydrogen-bond donors (Lipinski definition) is 3. The third kappa shape index (κ3) is 5.15. The molecule has 5 heteroatoms. The van der Waals surface area contributed by atoms with E-state index in [4.69, 9.17) is 0 Å². The molecule has 1 saturated carbocycles. The molecule has 2 rings (SSSR count). The zero-order valence-corrected chi connectivity index (χ0v) is 12.8. The lowest BCUT2D eigenvalue weighted by atomic mass is 10.1. The van der Waals surface area contributed by atoms with Gasteiger partial charge in [0.1, 0.15) is 0 Å². The molecule has 1 aliphatic rings. The van der Waals surface area contributed by atoms with Crippen LogP contribution in [0.1, 0.15) is 43.8 Å². The van der Waals surface area contributed by atoms with E-state index in [9.17, 15) is 14.7 Å². The first-order valence-electron chi connectivity index (χ1n) is 7.94. The van der Waals surface area contributed by atoms with Crippen molar-refractivity contribution in [3.05, 3.63) is 35.9 Å². The summed E-state index contributed by atoms with van der Waals surface area (Å²) >= 11 is 0. The summed E-state index contributed by atoms with van der Waals surface area (Å²) in [6.45, 7) is 0.394. The summed E-state index contributed by atoms with van der Waals surface area (Å²) in [5.74, 6) is -0.156. The van der Waals surface area contributed by atoms with E-state index in [1.807, 2.05) is 30.3 Å². The highest BCUT2D eigenvalue weighted by atomic mass is 16.3. The SMILES string of the molecule is O=C(CNC(=O)C1CCCC1)NCCC(O)c1ccccc1. The molecule has 120 valence electrons. The van der Waals surface area contributed by atoms with Crippen molar-refractivity contribution in [3.63, 3.8) is 0 Å². The van der Waals surface area contributed by atoms with Crippen molar-refractivity contribution in [1.82, 2.24) is 10.6 Å². The lowest BCUT2D eigenvalue weighted by molar-refractivity contribution is -0.128. The van der Waals surface area contributed by atoms with Crippen molar-refractivity contribution in [2.75, 3.05) is 13.1 Å². The number of aliphatic hydroxyl groups excluding tert-OH is 1. The molecule has 1 aromatic carbocycles. The fourth-order valence-corrected chi connectivity index (χ4v) is 2.75. The van der Waals surface area contributed by atoms with Crippen LogP contribution in [-0.4, -0.2) is 30.0 Å². The van der Waals surface area contributed by atoms with Crippen LogP contribution in [0, 0.1) is 5.92 Å². The first-order chi connectivity index (χ1) is 10.7. The Morgan fingerprint density at radius 1 is 1.14 bits per heavy atom. The van der Waals surface area contributed by atoms with Gasteiger partial charge in [0.25, 0.3) is 0 Å². The molecule has 1 aliphatic carbocycles. The van der Waals surface area contributed by atoms with Crippen LogP contribution in [0.25, 0.3) is 0 Å². The second kappa shape index (κ2) is 8.54. The second-order valence-corrected chi connectivity index (χ2v) is 5.76. The summed E-state index contributed by atoms with van der Waals surface area (Å²) in [4.78, 5) is 23.5. The highest BCUT2D eigenvalue weighted by Crippen LogP contribution is 2.24. The van der Waals surface area contributed by atoms with Crippen LogP contribution in [0.15, 0.2) is 30.3 Å². The maximum atomic E-state index is 11.8. The summed E-state index contributed by atoms with van der Waals surface area (Å²) < 4.78 is 0. The number of amides is 2. The van der Waals surface area contributed by atoms with Crippen LogP contribution in [0.4, 0.5) is 0 Å². The van der Waals surface area contributed by atoms with E-state index in [0.717, 1.165) is 31.2 Å². The predicted octanol–water partition coefficient (Wildman–Crippen LogP) is 1.53. The monoisotopic (exact) mass is 304 g/mol. The molecule has 0 heterocycles. The molecule has 0 saturated heterocycles. The van der Waals surface area contributed by atoms with Crippen molar-refractivity contribution < 1.29 is 14.7 Å². The number of carbonyl (C=O) groups is 2. The molecule has 1 fully saturated rings. The Bertz CT molecular complexity index is 484. The van der Waals surface area contributed by atoms with Gasteiger partial charge in [-0.3, -0.25) is 9.59 Å². The van der Waals surface area contributed by atoms with Crippen molar-refractivity contribution in [2.45, 2.75) is 38.2 Å². The summed E-state index contributed by atoms with van der Waals surface area (Å²) in [5, 5.41) is 15.4. The molecule has 1 unspecified atom stereocenters. The number of benzene rings is 1. The molecule has 0 aliphatic heterocycles. The van der Waals surface area contributed by atoms with Gasteiger partial charge in [-0.1, -0.05) is 43.2 Å². The minimum Gasteiger partial charge on any atom is -0.388 e. The van der Waals surface area contributed by atoms with Crippen LogP contribution in [-0.2, 0) is 9.59 Å². The Balaban J connectivity index is 1.60. The minimum absolute atomic E-state index is 0.0107. The highest BCUT2D eigenvalue weighted by molar-refractivity contribution is 5.85. The fraction of sp³-hybridized carbons (Fsp3) is 0.529. The van der Waals surface area contributed by atoms with Gasteiger partial charge in [0, 0.05) is 12.5 Å². The van der Waals surface area contributed by atoms with Crippen LogP contribution in [0.5, 0.6) is 0 Å². The topological polar surface area (TPSA) is 78.4 Å². The predicted molar refractivity (Wildman–Crippen MR) is 84.0 cm³/mol. The Hall–Kier alpha value is -1.88. The van der Waals surface area contributed by atoms with Crippen molar-refractivity contribution in [2.24, 2.45) is 5.92 Å². The van der Waals surface area contributed by atoms with Gasteiger partial charge in [-0.15, -0.1) is 0 Å². The van der Waals surface area contributed by atoms with Crippen LogP contribution < -0.4 is 10.6 Å². The first-order valence-corrected chi connectivity index (χ1v) is 7.94. The standard InChI is InChI=1S/C17H24N2O3/c20-15(13-6-2-1-3-7-13)10-11-18-16(21)12-19-17(22)14-8-4-5-9-14/h1-3,6-7,14-15,20H,4-5,8-12H2,(H,18,21)(H,19,22). The first kappa shape index (κ1) is 16.5. The number of aliphatic hydroxyl groups is 1. The minimum atomic E-state index is -0.588. The zero-order chi connectivity index (χ0) is 15.8. The van der Waals surface area contributed by atoms with Gasteiger partial charge in [0.2, 0.25) is 11.8 Å². The van der Waals surface area contributed by atoms with E-state index in [0.29, 0.717) is 13.0 Å². The fourth-order valence-electron chi connectivity index (χ4n) is 2.75. The van der Waals surface area contributed by atoms with Gasteiger partial charge in [0.05, 0.1) is 12.6 Å². The van der Waals surface area contributed by atoms with Crippen molar-refractivity contribution in [1.29, 1.82) is 0 Å². The largest absolute Gasteiger partial charge is 0.388 e. The Morgan fingerprint density at radius 2 is 1.82 bits per heavy atom. The van der Waals surface area contributed by atoms with Gasteiger partial charge in [-0.2, -0.15) is 0 Å². The Morgan fingerprint density at radius 3 is 2.50 bits per heavy atom. The van der Waals surface area contributed by atoms with Crippen LogP contribution >= 0.6 is 0 Å². The second-order valence-electron chi connectivity index (χ2n) is 5.76.